The van der Waals surface area contributed by atoms with Gasteiger partial charge in [-0.3, -0.25) is 0 Å². The van der Waals surface area contributed by atoms with E-state index in [9.17, 15) is 0 Å². The first-order valence-corrected chi connectivity index (χ1v) is 16.1. The standard InChI is InChI=1S/C17H11.C15H26.C5H5.2ClH.Zr/c1-3-7-14-12(5-1)9-10-16-15-8-4-2-6-13(15)11-17(14)16;1-12(14-7-3-4-8-14)11-13(2)15-9-5-6-10-15;1-2-4-5-3-1;;;/h1-6,8-10H,11H2;12-15H,3-10H2,1-2H3;1-5H;2*1H;/q-1;;-1;;;+2/p-2. The maximum Gasteiger partial charge on any atom is -0.0246 e. The third kappa shape index (κ3) is 7.91. The Morgan fingerprint density at radius 1 is 0.750 bits per heavy atom. The maximum atomic E-state index is 3.39. The molecule has 0 heterocycles. The summed E-state index contributed by atoms with van der Waals surface area (Å²) in [4.78, 5) is 0. The van der Waals surface area contributed by atoms with E-state index in [4.69, 9.17) is 0 Å². The van der Waals surface area contributed by atoms with Gasteiger partial charge in [0.15, 0.2) is 0 Å². The van der Waals surface area contributed by atoms with Crippen molar-refractivity contribution in [2.24, 2.45) is 23.7 Å². The Kier molecular flexibility index (Phi) is 13.5. The summed E-state index contributed by atoms with van der Waals surface area (Å²) < 4.78 is 1.91. The van der Waals surface area contributed by atoms with Crippen molar-refractivity contribution >= 4 is 14.0 Å². The van der Waals surface area contributed by atoms with Gasteiger partial charge in [0.1, 0.15) is 0 Å². The number of halogens is 2. The fourth-order valence-electron chi connectivity index (χ4n) is 6.98. The fourth-order valence-corrected chi connectivity index (χ4v) is 8.14. The van der Waals surface area contributed by atoms with Crippen LogP contribution in [0.4, 0.5) is 0 Å². The largest absolute Gasteiger partial charge is 1.00 e. The number of rotatable bonds is 4. The number of hydrogen-bond acceptors (Lipinski definition) is 0. The van der Waals surface area contributed by atoms with Crippen molar-refractivity contribution < 1.29 is 49.0 Å². The molecule has 3 aliphatic carbocycles. The van der Waals surface area contributed by atoms with Crippen LogP contribution in [0.1, 0.15) is 76.3 Å². The van der Waals surface area contributed by atoms with Gasteiger partial charge in [0.25, 0.3) is 0 Å². The smallest absolute Gasteiger partial charge is 0.0246 e. The molecule has 3 heteroatoms. The maximum absolute atomic E-state index is 3.39. The van der Waals surface area contributed by atoms with Gasteiger partial charge in [0.2, 0.25) is 0 Å². The second kappa shape index (κ2) is 16.3. The molecule has 0 nitrogen and oxygen atoms in total. The van der Waals surface area contributed by atoms with Gasteiger partial charge in [-0.05, 0) is 17.5 Å². The summed E-state index contributed by atoms with van der Waals surface area (Å²) in [6.45, 7) is 5.04. The van der Waals surface area contributed by atoms with E-state index >= 15 is 0 Å². The molecule has 0 bridgehead atoms. The number of fused-ring (bicyclic) bond motifs is 5. The van der Waals surface area contributed by atoms with Crippen molar-refractivity contribution in [2.45, 2.75) is 71.6 Å². The molecule has 0 radical (unpaired) electrons. The van der Waals surface area contributed by atoms with Gasteiger partial charge in [0.05, 0.1) is 0 Å². The van der Waals surface area contributed by atoms with Crippen LogP contribution in [0.15, 0.2) is 84.9 Å². The predicted octanol–water partition coefficient (Wildman–Crippen LogP) is 3.98. The monoisotopic (exact) mass is 646 g/mol. The zero-order valence-electron chi connectivity index (χ0n) is 24.0. The molecule has 0 aliphatic heterocycles. The second-order valence-electron chi connectivity index (χ2n) is 11.6. The molecule has 210 valence electrons. The van der Waals surface area contributed by atoms with Gasteiger partial charge in [-0.15, -0.1) is 40.6 Å². The van der Waals surface area contributed by atoms with Crippen molar-refractivity contribution in [3.8, 4) is 11.1 Å². The molecule has 4 aromatic rings. The summed E-state index contributed by atoms with van der Waals surface area (Å²) in [5, 5.41) is 2.57. The third-order valence-corrected chi connectivity index (χ3v) is 11.6. The Balaban J connectivity index is 0.000000181. The first kappa shape index (κ1) is 33.1. The first-order valence-electron chi connectivity index (χ1n) is 14.9. The second-order valence-corrected chi connectivity index (χ2v) is 13.1. The predicted molar refractivity (Wildman–Crippen MR) is 160 cm³/mol. The molecule has 2 fully saturated rings. The van der Waals surface area contributed by atoms with E-state index in [1.54, 1.807) is 24.2 Å². The number of benzene rings is 3. The van der Waals surface area contributed by atoms with Crippen molar-refractivity contribution in [1.29, 1.82) is 0 Å². The Morgan fingerprint density at radius 3 is 1.93 bits per heavy atom. The molecule has 2 saturated carbocycles. The van der Waals surface area contributed by atoms with Gasteiger partial charge >= 0.3 is 116 Å². The molecule has 7 rings (SSSR count). The van der Waals surface area contributed by atoms with E-state index in [1.165, 1.54) is 84.4 Å². The summed E-state index contributed by atoms with van der Waals surface area (Å²) in [5.74, 6) is 3.93. The topological polar surface area (TPSA) is 0 Å². The van der Waals surface area contributed by atoms with E-state index < -0.39 is 0 Å². The summed E-state index contributed by atoms with van der Waals surface area (Å²) in [7, 11) is 0. The molecule has 2 atom stereocenters. The van der Waals surface area contributed by atoms with E-state index in [0.29, 0.717) is 0 Å². The van der Waals surface area contributed by atoms with Crippen molar-refractivity contribution in [3.63, 3.8) is 0 Å². The molecule has 0 amide bonds. The van der Waals surface area contributed by atoms with Crippen LogP contribution >= 0.6 is 0 Å². The van der Waals surface area contributed by atoms with Gasteiger partial charge in [-0.1, -0.05) is 42.0 Å². The van der Waals surface area contributed by atoms with Crippen molar-refractivity contribution in [2.75, 3.05) is 0 Å². The summed E-state index contributed by atoms with van der Waals surface area (Å²) >= 11 is 1.73. The van der Waals surface area contributed by atoms with Crippen molar-refractivity contribution in [1.82, 2.24) is 0 Å². The van der Waals surface area contributed by atoms with Crippen LogP contribution in [0, 0.1) is 29.7 Å². The van der Waals surface area contributed by atoms with Crippen LogP contribution in [0.2, 0.25) is 0 Å². The minimum Gasteiger partial charge on any atom is -1.00 e. The van der Waals surface area contributed by atoms with E-state index in [1.807, 2.05) is 39.6 Å². The summed E-state index contributed by atoms with van der Waals surface area (Å²) in [5.41, 5.74) is 5.65. The van der Waals surface area contributed by atoms with Gasteiger partial charge in [-0.25, -0.2) is 12.1 Å². The Bertz CT molecular complexity index is 1270. The minimum atomic E-state index is 0. The summed E-state index contributed by atoms with van der Waals surface area (Å²) in [6.07, 6.45) is 13.1. The quantitative estimate of drug-likeness (QED) is 0.259. The Labute approximate surface area is 269 Å². The molecule has 3 aliphatic rings. The Morgan fingerprint density at radius 2 is 1.35 bits per heavy atom. The molecule has 4 aromatic carbocycles. The zero-order chi connectivity index (χ0) is 26.3. The van der Waals surface area contributed by atoms with Crippen LogP contribution in [-0.2, 0) is 30.7 Å². The minimum absolute atomic E-state index is 0. The fraction of sp³-hybridized carbons (Fsp3) is 0.405. The molecule has 0 N–H and O–H groups in total. The molecule has 0 saturated heterocycles. The molecule has 40 heavy (non-hydrogen) atoms. The van der Waals surface area contributed by atoms with E-state index in [2.05, 4.69) is 68.4 Å². The normalized spacial score (nSPS) is 17.2. The van der Waals surface area contributed by atoms with Crippen LogP contribution in [0.3, 0.4) is 0 Å². The summed E-state index contributed by atoms with van der Waals surface area (Å²) in [6, 6.07) is 32.7. The van der Waals surface area contributed by atoms with Crippen LogP contribution in [0.5, 0.6) is 0 Å². The van der Waals surface area contributed by atoms with Crippen LogP contribution < -0.4 is 24.8 Å². The van der Waals surface area contributed by atoms with E-state index in [0.717, 1.165) is 30.1 Å². The molecular formula is C37H42Cl2Zr-2. The number of hydrogen-bond donors (Lipinski definition) is 0. The van der Waals surface area contributed by atoms with Crippen LogP contribution in [-0.4, -0.2) is 3.21 Å². The SMILES string of the molecule is CC([C](=[Zr+2])C(C)C1CCCC1)C1CCCC1.[Cl-].[Cl-].[c-]1cccc2ccc3c(c12)Cc1ccccc1-3.c1cc[cH-]c1. The van der Waals surface area contributed by atoms with Crippen molar-refractivity contribution in [3.05, 3.63) is 102 Å². The zero-order valence-corrected chi connectivity index (χ0v) is 28.0. The van der Waals surface area contributed by atoms with Gasteiger partial charge in [-0.2, -0.15) is 18.2 Å². The average Bonchev–Trinajstić information content (AvgIpc) is 3.79. The van der Waals surface area contributed by atoms with E-state index in [-0.39, 0.29) is 24.8 Å². The molecular weight excluding hydrogens is 607 g/mol. The first-order chi connectivity index (χ1) is 18.6. The third-order valence-electron chi connectivity index (χ3n) is 9.37. The average molecular weight is 649 g/mol. The molecule has 0 spiro atoms. The van der Waals surface area contributed by atoms with Gasteiger partial charge < -0.3 is 24.8 Å². The van der Waals surface area contributed by atoms with Crippen LogP contribution in [0.25, 0.3) is 21.9 Å². The molecule has 0 aromatic heterocycles. The van der Waals surface area contributed by atoms with Gasteiger partial charge in [0, 0.05) is 0 Å². The molecule has 2 unspecified atom stereocenters. The Hall–Kier alpha value is -1.40.